The molecule has 0 aliphatic heterocycles. The molecule has 0 aliphatic rings. The molecule has 110 valence electrons. The summed E-state index contributed by atoms with van der Waals surface area (Å²) in [5.74, 6) is 0. The lowest BCUT2D eigenvalue weighted by atomic mass is 10.2. The summed E-state index contributed by atoms with van der Waals surface area (Å²) in [6.07, 6.45) is -0.418. The number of carbonyl (C=O) groups excluding carboxylic acids is 1. The number of carbonyl (C=O) groups is 1. The summed E-state index contributed by atoms with van der Waals surface area (Å²) in [6, 6.07) is 16.5. The average Bonchev–Trinajstić information content (AvgIpc) is 2.40. The van der Waals surface area contributed by atoms with Gasteiger partial charge in [0.25, 0.3) is 0 Å². The van der Waals surface area contributed by atoms with E-state index in [2.05, 4.69) is 0 Å². The normalized spacial score (nSPS) is 11.0. The maximum absolute atomic E-state index is 12.5. The van der Waals surface area contributed by atoms with Gasteiger partial charge in [-0.15, -0.1) is 0 Å². The van der Waals surface area contributed by atoms with E-state index in [1.807, 2.05) is 51.1 Å². The summed E-state index contributed by atoms with van der Waals surface area (Å²) in [6.45, 7) is 5.53. The van der Waals surface area contributed by atoms with Crippen molar-refractivity contribution in [3.63, 3.8) is 0 Å². The predicted octanol–water partition coefficient (Wildman–Crippen LogP) is 4.34. The molecule has 2 rings (SSSR count). The Morgan fingerprint density at radius 3 is 2.00 bits per heavy atom. The SMILES string of the molecule is CC(C)(C)OC(=O)N(c1ccccc1)c1ccc(N)cc1. The van der Waals surface area contributed by atoms with Gasteiger partial charge >= 0.3 is 6.09 Å². The number of benzene rings is 2. The van der Waals surface area contributed by atoms with E-state index in [1.54, 1.807) is 24.3 Å². The van der Waals surface area contributed by atoms with Crippen LogP contribution in [-0.2, 0) is 4.74 Å². The first-order valence-corrected chi connectivity index (χ1v) is 6.80. The zero-order valence-corrected chi connectivity index (χ0v) is 12.5. The van der Waals surface area contributed by atoms with Crippen molar-refractivity contribution in [1.82, 2.24) is 0 Å². The number of hydrogen-bond acceptors (Lipinski definition) is 3. The van der Waals surface area contributed by atoms with E-state index >= 15 is 0 Å². The monoisotopic (exact) mass is 284 g/mol. The molecule has 0 atom stereocenters. The predicted molar refractivity (Wildman–Crippen MR) is 85.7 cm³/mol. The van der Waals surface area contributed by atoms with Crippen molar-refractivity contribution in [3.05, 3.63) is 54.6 Å². The minimum Gasteiger partial charge on any atom is -0.443 e. The van der Waals surface area contributed by atoms with Crippen LogP contribution >= 0.6 is 0 Å². The Morgan fingerprint density at radius 2 is 1.48 bits per heavy atom. The third kappa shape index (κ3) is 3.99. The topological polar surface area (TPSA) is 55.6 Å². The van der Waals surface area contributed by atoms with Gasteiger partial charge < -0.3 is 10.5 Å². The second-order valence-electron chi connectivity index (χ2n) is 5.74. The van der Waals surface area contributed by atoms with Gasteiger partial charge in [0.15, 0.2) is 0 Å². The molecule has 21 heavy (non-hydrogen) atoms. The third-order valence-electron chi connectivity index (χ3n) is 2.74. The molecule has 4 heteroatoms. The van der Waals surface area contributed by atoms with Crippen LogP contribution in [-0.4, -0.2) is 11.7 Å². The molecule has 0 spiro atoms. The van der Waals surface area contributed by atoms with E-state index in [1.165, 1.54) is 4.90 Å². The highest BCUT2D eigenvalue weighted by molar-refractivity contribution is 5.96. The number of hydrogen-bond donors (Lipinski definition) is 1. The van der Waals surface area contributed by atoms with Gasteiger partial charge in [-0.1, -0.05) is 18.2 Å². The van der Waals surface area contributed by atoms with Gasteiger partial charge in [-0.2, -0.15) is 0 Å². The number of ether oxygens (including phenoxy) is 1. The Hall–Kier alpha value is -2.49. The molecule has 2 aromatic carbocycles. The zero-order chi connectivity index (χ0) is 15.5. The fourth-order valence-corrected chi connectivity index (χ4v) is 1.87. The molecule has 2 aromatic rings. The molecule has 0 aromatic heterocycles. The lowest BCUT2D eigenvalue weighted by Crippen LogP contribution is -2.33. The second kappa shape index (κ2) is 5.87. The summed E-state index contributed by atoms with van der Waals surface area (Å²) in [5.41, 5.74) is 7.26. The van der Waals surface area contributed by atoms with Crippen LogP contribution in [0.15, 0.2) is 54.6 Å². The molecule has 0 saturated heterocycles. The second-order valence-corrected chi connectivity index (χ2v) is 5.74. The minimum absolute atomic E-state index is 0.418. The number of anilines is 3. The first-order valence-electron chi connectivity index (χ1n) is 6.80. The van der Waals surface area contributed by atoms with Gasteiger partial charge in [-0.05, 0) is 57.2 Å². The van der Waals surface area contributed by atoms with Crippen molar-refractivity contribution in [2.75, 3.05) is 10.6 Å². The molecule has 0 unspecified atom stereocenters. The summed E-state index contributed by atoms with van der Waals surface area (Å²) in [4.78, 5) is 14.0. The third-order valence-corrected chi connectivity index (χ3v) is 2.74. The Kier molecular flexibility index (Phi) is 4.17. The quantitative estimate of drug-likeness (QED) is 0.834. The average molecular weight is 284 g/mol. The molecule has 0 fully saturated rings. The van der Waals surface area contributed by atoms with E-state index < -0.39 is 11.7 Å². The summed E-state index contributed by atoms with van der Waals surface area (Å²) in [7, 11) is 0. The summed E-state index contributed by atoms with van der Waals surface area (Å²) < 4.78 is 5.49. The number of rotatable bonds is 2. The van der Waals surface area contributed by atoms with E-state index in [4.69, 9.17) is 10.5 Å². The molecule has 0 saturated carbocycles. The molecule has 0 radical (unpaired) electrons. The Bertz CT molecular complexity index is 601. The van der Waals surface area contributed by atoms with Crippen molar-refractivity contribution < 1.29 is 9.53 Å². The van der Waals surface area contributed by atoms with E-state index in [-0.39, 0.29) is 0 Å². The number of nitrogen functional groups attached to an aromatic ring is 1. The highest BCUT2D eigenvalue weighted by Crippen LogP contribution is 2.28. The van der Waals surface area contributed by atoms with E-state index in [0.29, 0.717) is 11.4 Å². The van der Waals surface area contributed by atoms with Crippen molar-refractivity contribution >= 4 is 23.2 Å². The van der Waals surface area contributed by atoms with Gasteiger partial charge in [0.1, 0.15) is 5.60 Å². The molecule has 4 nitrogen and oxygen atoms in total. The first-order chi connectivity index (χ1) is 9.87. The molecule has 2 N–H and O–H groups in total. The largest absolute Gasteiger partial charge is 0.443 e. The fraction of sp³-hybridized carbons (Fsp3) is 0.235. The van der Waals surface area contributed by atoms with E-state index in [0.717, 1.165) is 5.69 Å². The Labute approximate surface area is 125 Å². The van der Waals surface area contributed by atoms with Crippen LogP contribution < -0.4 is 10.6 Å². The minimum atomic E-state index is -0.558. The molecule has 1 amide bonds. The number of nitrogens with two attached hydrogens (primary N) is 1. The molecular formula is C17H20N2O2. The Balaban J connectivity index is 2.40. The standard InChI is InChI=1S/C17H20N2O2/c1-17(2,3)21-16(20)19(14-7-5-4-6-8-14)15-11-9-13(18)10-12-15/h4-12H,18H2,1-3H3. The smallest absolute Gasteiger partial charge is 0.419 e. The number of amides is 1. The van der Waals surface area contributed by atoms with Crippen LogP contribution in [0.25, 0.3) is 0 Å². The van der Waals surface area contributed by atoms with Crippen LogP contribution in [0, 0.1) is 0 Å². The Morgan fingerprint density at radius 1 is 0.952 bits per heavy atom. The highest BCUT2D eigenvalue weighted by Gasteiger charge is 2.24. The van der Waals surface area contributed by atoms with Crippen LogP contribution in [0.2, 0.25) is 0 Å². The van der Waals surface area contributed by atoms with Crippen LogP contribution in [0.4, 0.5) is 21.9 Å². The van der Waals surface area contributed by atoms with Gasteiger partial charge in [0.2, 0.25) is 0 Å². The molecular weight excluding hydrogens is 264 g/mol. The lowest BCUT2D eigenvalue weighted by Gasteiger charge is -2.27. The van der Waals surface area contributed by atoms with Crippen LogP contribution in [0.1, 0.15) is 20.8 Å². The van der Waals surface area contributed by atoms with Crippen molar-refractivity contribution in [2.45, 2.75) is 26.4 Å². The maximum Gasteiger partial charge on any atom is 0.419 e. The van der Waals surface area contributed by atoms with E-state index in [9.17, 15) is 4.79 Å². The van der Waals surface area contributed by atoms with Crippen molar-refractivity contribution in [1.29, 1.82) is 0 Å². The summed E-state index contributed by atoms with van der Waals surface area (Å²) >= 11 is 0. The number of nitrogens with zero attached hydrogens (tertiary/aromatic N) is 1. The molecule has 0 heterocycles. The van der Waals surface area contributed by atoms with Crippen LogP contribution in [0.3, 0.4) is 0 Å². The van der Waals surface area contributed by atoms with Crippen molar-refractivity contribution in [2.24, 2.45) is 0 Å². The fourth-order valence-electron chi connectivity index (χ4n) is 1.87. The number of para-hydroxylation sites is 1. The van der Waals surface area contributed by atoms with Crippen molar-refractivity contribution in [3.8, 4) is 0 Å². The zero-order valence-electron chi connectivity index (χ0n) is 12.5. The maximum atomic E-state index is 12.5. The van der Waals surface area contributed by atoms with Crippen LogP contribution in [0.5, 0.6) is 0 Å². The van der Waals surface area contributed by atoms with Gasteiger partial charge in [-0.3, -0.25) is 0 Å². The van der Waals surface area contributed by atoms with Gasteiger partial charge in [-0.25, -0.2) is 9.69 Å². The molecule has 0 aliphatic carbocycles. The summed E-state index contributed by atoms with van der Waals surface area (Å²) in [5, 5.41) is 0. The first kappa shape index (κ1) is 14.9. The highest BCUT2D eigenvalue weighted by atomic mass is 16.6. The molecule has 0 bridgehead atoms. The lowest BCUT2D eigenvalue weighted by molar-refractivity contribution is 0.0599. The van der Waals surface area contributed by atoms with Gasteiger partial charge in [0, 0.05) is 5.69 Å². The van der Waals surface area contributed by atoms with Gasteiger partial charge in [0.05, 0.1) is 11.4 Å².